The van der Waals surface area contributed by atoms with E-state index in [9.17, 15) is 4.79 Å². The summed E-state index contributed by atoms with van der Waals surface area (Å²) in [5.74, 6) is 5.24. The van der Waals surface area contributed by atoms with E-state index in [0.717, 1.165) is 5.69 Å². The number of nitrogens with two attached hydrogens (primary N) is 1. The summed E-state index contributed by atoms with van der Waals surface area (Å²) in [5, 5.41) is 6.84. The first-order valence-corrected chi connectivity index (χ1v) is 5.24. The van der Waals surface area contributed by atoms with Crippen LogP contribution in [0.5, 0.6) is 0 Å². The Hall–Kier alpha value is -2.48. The van der Waals surface area contributed by atoms with Crippen LogP contribution in [0.1, 0.15) is 16.2 Å². The second-order valence-corrected chi connectivity index (χ2v) is 3.59. The van der Waals surface area contributed by atoms with Gasteiger partial charge in [0, 0.05) is 13.2 Å². The van der Waals surface area contributed by atoms with E-state index < -0.39 is 0 Å². The number of carbonyl (C=O) groups excluding carboxylic acids is 1. The van der Waals surface area contributed by atoms with Gasteiger partial charge in [-0.1, -0.05) is 0 Å². The van der Waals surface area contributed by atoms with Crippen LogP contribution in [0.3, 0.4) is 0 Å². The predicted molar refractivity (Wildman–Crippen MR) is 64.2 cm³/mol. The molecule has 4 N–H and O–H groups in total. The molecule has 0 saturated carbocycles. The maximum Gasteiger partial charge on any atom is 0.271 e. The van der Waals surface area contributed by atoms with Gasteiger partial charge < -0.3 is 10.7 Å². The number of hydrazine groups is 1. The molecule has 0 saturated heterocycles. The standard InChI is InChI=1S/C10H13N7O/c1-17-3-2-7(16-17)4-14-10(18)8-5-13-9(15-11)6-12-8/h2-3,5-6H,4,11H2,1H3,(H,13,15)(H,14,18). The highest BCUT2D eigenvalue weighted by molar-refractivity contribution is 5.91. The summed E-state index contributed by atoms with van der Waals surface area (Å²) in [6.45, 7) is 0.345. The summed E-state index contributed by atoms with van der Waals surface area (Å²) in [5.41, 5.74) is 3.34. The van der Waals surface area contributed by atoms with E-state index in [-0.39, 0.29) is 11.6 Å². The lowest BCUT2D eigenvalue weighted by molar-refractivity contribution is 0.0945. The molecule has 0 aliphatic carbocycles. The van der Waals surface area contributed by atoms with Crippen LogP contribution in [0, 0.1) is 0 Å². The highest BCUT2D eigenvalue weighted by Gasteiger charge is 2.08. The molecule has 0 aliphatic heterocycles. The van der Waals surface area contributed by atoms with E-state index in [1.54, 1.807) is 4.68 Å². The second kappa shape index (κ2) is 5.23. The van der Waals surface area contributed by atoms with Crippen molar-refractivity contribution in [1.82, 2.24) is 25.1 Å². The summed E-state index contributed by atoms with van der Waals surface area (Å²) >= 11 is 0. The minimum Gasteiger partial charge on any atom is -0.345 e. The van der Waals surface area contributed by atoms with Crippen molar-refractivity contribution in [3.8, 4) is 0 Å². The molecule has 2 heterocycles. The highest BCUT2D eigenvalue weighted by atomic mass is 16.1. The van der Waals surface area contributed by atoms with E-state index in [0.29, 0.717) is 12.4 Å². The molecule has 2 rings (SSSR count). The van der Waals surface area contributed by atoms with Crippen molar-refractivity contribution < 1.29 is 4.79 Å². The van der Waals surface area contributed by atoms with Crippen molar-refractivity contribution in [3.63, 3.8) is 0 Å². The highest BCUT2D eigenvalue weighted by Crippen LogP contribution is 1.99. The van der Waals surface area contributed by atoms with Gasteiger partial charge in [0.25, 0.3) is 5.91 Å². The average Bonchev–Trinajstić information content (AvgIpc) is 2.82. The molecule has 94 valence electrons. The Labute approximate surface area is 103 Å². The fourth-order valence-electron chi connectivity index (χ4n) is 1.34. The maximum absolute atomic E-state index is 11.7. The number of carbonyl (C=O) groups is 1. The topological polar surface area (TPSA) is 111 Å². The lowest BCUT2D eigenvalue weighted by atomic mass is 10.4. The van der Waals surface area contributed by atoms with Crippen LogP contribution >= 0.6 is 0 Å². The van der Waals surface area contributed by atoms with Crippen LogP contribution in [-0.2, 0) is 13.6 Å². The minimum absolute atomic E-state index is 0.227. The number of nitrogen functional groups attached to an aromatic ring is 1. The van der Waals surface area contributed by atoms with Crippen LogP contribution < -0.4 is 16.6 Å². The Morgan fingerprint density at radius 1 is 1.44 bits per heavy atom. The first kappa shape index (κ1) is 12.0. The van der Waals surface area contributed by atoms with Crippen molar-refractivity contribution in [3.05, 3.63) is 36.0 Å². The molecular formula is C10H13N7O. The van der Waals surface area contributed by atoms with E-state index in [1.165, 1.54) is 12.4 Å². The van der Waals surface area contributed by atoms with Gasteiger partial charge in [0.15, 0.2) is 5.82 Å². The van der Waals surface area contributed by atoms with Crippen LogP contribution in [0.15, 0.2) is 24.7 Å². The Morgan fingerprint density at radius 3 is 2.83 bits per heavy atom. The molecule has 0 aliphatic rings. The quantitative estimate of drug-likeness (QED) is 0.492. The van der Waals surface area contributed by atoms with Gasteiger partial charge in [-0.2, -0.15) is 5.10 Å². The van der Waals surface area contributed by atoms with Crippen molar-refractivity contribution in [2.75, 3.05) is 5.43 Å². The summed E-state index contributed by atoms with van der Waals surface area (Å²) in [7, 11) is 1.81. The molecule has 1 amide bonds. The number of nitrogens with zero attached hydrogens (tertiary/aromatic N) is 4. The van der Waals surface area contributed by atoms with E-state index in [4.69, 9.17) is 5.84 Å². The summed E-state index contributed by atoms with van der Waals surface area (Å²) in [6, 6.07) is 1.83. The van der Waals surface area contributed by atoms with Gasteiger partial charge in [0.2, 0.25) is 0 Å². The van der Waals surface area contributed by atoms with Crippen molar-refractivity contribution in [1.29, 1.82) is 0 Å². The first-order valence-electron chi connectivity index (χ1n) is 5.24. The lowest BCUT2D eigenvalue weighted by Gasteiger charge is -2.03. The number of nitrogens with one attached hydrogen (secondary N) is 2. The molecule has 2 aromatic heterocycles. The fraction of sp³-hybridized carbons (Fsp3) is 0.200. The number of hydrogen-bond donors (Lipinski definition) is 3. The van der Waals surface area contributed by atoms with Gasteiger partial charge in [-0.25, -0.2) is 15.8 Å². The third kappa shape index (κ3) is 2.80. The summed E-state index contributed by atoms with van der Waals surface area (Å²) in [4.78, 5) is 19.5. The molecule has 0 aromatic carbocycles. The number of rotatable bonds is 4. The molecule has 0 radical (unpaired) electrons. The molecule has 0 atom stereocenters. The number of aryl methyl sites for hydroxylation is 1. The molecule has 18 heavy (non-hydrogen) atoms. The van der Waals surface area contributed by atoms with Gasteiger partial charge in [0.05, 0.1) is 24.6 Å². The lowest BCUT2D eigenvalue weighted by Crippen LogP contribution is -2.24. The number of anilines is 1. The first-order chi connectivity index (χ1) is 8.69. The van der Waals surface area contributed by atoms with Gasteiger partial charge in [-0.3, -0.25) is 9.48 Å². The van der Waals surface area contributed by atoms with E-state index >= 15 is 0 Å². The van der Waals surface area contributed by atoms with Crippen molar-refractivity contribution in [2.24, 2.45) is 12.9 Å². The molecule has 8 nitrogen and oxygen atoms in total. The monoisotopic (exact) mass is 247 g/mol. The Balaban J connectivity index is 1.94. The van der Waals surface area contributed by atoms with Crippen LogP contribution in [0.4, 0.5) is 5.82 Å². The normalized spacial score (nSPS) is 10.1. The molecule has 2 aromatic rings. The molecule has 8 heteroatoms. The Morgan fingerprint density at radius 2 is 2.28 bits per heavy atom. The minimum atomic E-state index is -0.309. The van der Waals surface area contributed by atoms with Crippen LogP contribution in [-0.4, -0.2) is 25.7 Å². The van der Waals surface area contributed by atoms with Crippen molar-refractivity contribution in [2.45, 2.75) is 6.54 Å². The largest absolute Gasteiger partial charge is 0.345 e. The van der Waals surface area contributed by atoms with E-state index in [1.807, 2.05) is 19.3 Å². The predicted octanol–water partition coefficient (Wildman–Crippen LogP) is -0.574. The molecule has 0 spiro atoms. The molecule has 0 fully saturated rings. The summed E-state index contributed by atoms with van der Waals surface area (Å²) in [6.07, 6.45) is 4.54. The summed E-state index contributed by atoms with van der Waals surface area (Å²) < 4.78 is 1.67. The zero-order valence-electron chi connectivity index (χ0n) is 9.79. The maximum atomic E-state index is 11.7. The van der Waals surface area contributed by atoms with Gasteiger partial charge in [-0.15, -0.1) is 0 Å². The molecule has 0 unspecified atom stereocenters. The number of hydrogen-bond acceptors (Lipinski definition) is 6. The smallest absolute Gasteiger partial charge is 0.271 e. The average molecular weight is 247 g/mol. The van der Waals surface area contributed by atoms with Crippen LogP contribution in [0.2, 0.25) is 0 Å². The van der Waals surface area contributed by atoms with Crippen molar-refractivity contribution >= 4 is 11.7 Å². The van der Waals surface area contributed by atoms with Gasteiger partial charge in [-0.05, 0) is 6.07 Å². The molecular weight excluding hydrogens is 234 g/mol. The number of amides is 1. The zero-order valence-corrected chi connectivity index (χ0v) is 9.79. The Kier molecular flexibility index (Phi) is 3.49. The second-order valence-electron chi connectivity index (χ2n) is 3.59. The fourth-order valence-corrected chi connectivity index (χ4v) is 1.34. The number of aromatic nitrogens is 4. The van der Waals surface area contributed by atoms with Gasteiger partial charge >= 0.3 is 0 Å². The zero-order chi connectivity index (χ0) is 13.0. The van der Waals surface area contributed by atoms with E-state index in [2.05, 4.69) is 25.8 Å². The molecule has 0 bridgehead atoms. The third-order valence-corrected chi connectivity index (χ3v) is 2.23. The Bertz CT molecular complexity index is 533. The third-order valence-electron chi connectivity index (χ3n) is 2.23. The van der Waals surface area contributed by atoms with Gasteiger partial charge in [0.1, 0.15) is 5.69 Å². The van der Waals surface area contributed by atoms with Crippen LogP contribution in [0.25, 0.3) is 0 Å². The SMILES string of the molecule is Cn1ccc(CNC(=O)c2cnc(NN)cn2)n1.